The van der Waals surface area contributed by atoms with E-state index >= 15 is 0 Å². The van der Waals surface area contributed by atoms with Crippen LogP contribution in [0.4, 0.5) is 10.5 Å². The zero-order chi connectivity index (χ0) is 37.7. The fraction of sp³-hybridized carbons (Fsp3) is 0.675. The molecular formula is C40H64N2O9Si. The van der Waals surface area contributed by atoms with Gasteiger partial charge in [0.1, 0.15) is 18.1 Å². The van der Waals surface area contributed by atoms with Crippen molar-refractivity contribution in [3.8, 4) is 11.5 Å². The summed E-state index contributed by atoms with van der Waals surface area (Å²) < 4.78 is 42.5. The summed E-state index contributed by atoms with van der Waals surface area (Å²) >= 11 is 0. The first-order valence-electron chi connectivity index (χ1n) is 19.1. The molecular weight excluding hydrogens is 681 g/mol. The van der Waals surface area contributed by atoms with Crippen molar-refractivity contribution < 1.29 is 42.7 Å². The molecule has 0 unspecified atom stereocenters. The number of carbonyl (C=O) groups is 1. The number of ether oxygens (including phenoxy) is 6. The van der Waals surface area contributed by atoms with Gasteiger partial charge in [-0.05, 0) is 58.4 Å². The fourth-order valence-electron chi connectivity index (χ4n) is 8.21. The van der Waals surface area contributed by atoms with Crippen LogP contribution < -0.4 is 14.4 Å². The zero-order valence-electron chi connectivity index (χ0n) is 32.8. The summed E-state index contributed by atoms with van der Waals surface area (Å²) in [6.45, 7) is 19.5. The first-order valence-corrected chi connectivity index (χ1v) is 21.2. The molecule has 0 spiro atoms. The molecule has 1 fully saturated rings. The molecule has 2 aromatic rings. The molecule has 2 heterocycles. The van der Waals surface area contributed by atoms with Crippen LogP contribution >= 0.6 is 0 Å². The van der Waals surface area contributed by atoms with Crippen molar-refractivity contribution in [2.45, 2.75) is 95.7 Å². The van der Waals surface area contributed by atoms with Crippen LogP contribution in [0.1, 0.15) is 71.4 Å². The topological polar surface area (TPSA) is 108 Å². The summed E-state index contributed by atoms with van der Waals surface area (Å²) in [5.41, 5.74) is 4.43. The maximum atomic E-state index is 12.5. The Bertz CT molecular complexity index is 1340. The predicted molar refractivity (Wildman–Crippen MR) is 207 cm³/mol. The van der Waals surface area contributed by atoms with E-state index in [1.165, 1.54) is 4.90 Å². The van der Waals surface area contributed by atoms with Crippen LogP contribution in [0.15, 0.2) is 42.5 Å². The highest BCUT2D eigenvalue weighted by Crippen LogP contribution is 2.42. The van der Waals surface area contributed by atoms with Gasteiger partial charge < -0.3 is 47.8 Å². The maximum Gasteiger partial charge on any atom is 0.407 e. The number of likely N-dealkylation sites (tertiary alicyclic amines) is 1. The molecule has 2 aliphatic heterocycles. The van der Waals surface area contributed by atoms with Crippen LogP contribution in [0.2, 0.25) is 16.6 Å². The third kappa shape index (κ3) is 10.9. The number of benzene rings is 2. The maximum absolute atomic E-state index is 12.5. The minimum atomic E-state index is -2.09. The molecule has 12 heteroatoms. The van der Waals surface area contributed by atoms with Gasteiger partial charge in [-0.15, -0.1) is 0 Å². The van der Waals surface area contributed by atoms with Crippen LogP contribution in [0, 0.1) is 0 Å². The monoisotopic (exact) mass is 744 g/mol. The molecule has 4 rings (SSSR count). The number of rotatable bonds is 21. The van der Waals surface area contributed by atoms with Gasteiger partial charge in [-0.2, -0.15) is 0 Å². The van der Waals surface area contributed by atoms with E-state index in [4.69, 9.17) is 32.8 Å². The van der Waals surface area contributed by atoms with Gasteiger partial charge in [-0.25, -0.2) is 4.79 Å². The molecule has 0 aromatic heterocycles. The Kier molecular flexibility index (Phi) is 16.5. The van der Waals surface area contributed by atoms with Crippen molar-refractivity contribution in [2.24, 2.45) is 0 Å². The standard InChI is InChI=1S/C40H64N2O9Si/c1-29(2)52(30(3)4,31(5)6)51-24-23-49-37-26-42(40(43)44)27-38(39(37)33-12-14-34(15-13-33)47-21-10-20-46-8)50-28-32-11-16-36-35(25-32)41(18-22-48-36)17-9-19-45-7/h11-16,25,29-31,37-39H,9-10,17-24,26-28H2,1-8H3,(H,43,44)/t37-,38+,39+/m1/s1. The lowest BCUT2D eigenvalue weighted by molar-refractivity contribution is -0.0929. The Morgan fingerprint density at radius 2 is 1.50 bits per heavy atom. The molecule has 2 aliphatic rings. The molecule has 11 nitrogen and oxygen atoms in total. The molecule has 0 bridgehead atoms. The summed E-state index contributed by atoms with van der Waals surface area (Å²) in [6, 6.07) is 14.2. The van der Waals surface area contributed by atoms with Gasteiger partial charge in [0.05, 0.1) is 64.0 Å². The molecule has 0 aliphatic carbocycles. The number of amides is 1. The van der Waals surface area contributed by atoms with Crippen LogP contribution in [-0.4, -0.2) is 117 Å². The smallest absolute Gasteiger partial charge is 0.407 e. The van der Waals surface area contributed by atoms with E-state index < -0.39 is 26.6 Å². The average Bonchev–Trinajstić information content (AvgIpc) is 3.12. The largest absolute Gasteiger partial charge is 0.494 e. The first-order chi connectivity index (χ1) is 25.0. The highest BCUT2D eigenvalue weighted by atomic mass is 28.4. The molecule has 2 aromatic carbocycles. The summed E-state index contributed by atoms with van der Waals surface area (Å²) in [5, 5.41) is 10.2. The van der Waals surface area contributed by atoms with E-state index in [1.54, 1.807) is 14.2 Å². The predicted octanol–water partition coefficient (Wildman–Crippen LogP) is 7.58. The first kappa shape index (κ1) is 41.9. The van der Waals surface area contributed by atoms with Crippen molar-refractivity contribution in [1.29, 1.82) is 0 Å². The summed E-state index contributed by atoms with van der Waals surface area (Å²) in [4.78, 5) is 16.2. The molecule has 0 saturated carbocycles. The number of methoxy groups -OCH3 is 2. The third-order valence-corrected chi connectivity index (χ3v) is 16.7. The van der Waals surface area contributed by atoms with Gasteiger partial charge in [-0.1, -0.05) is 59.7 Å². The highest BCUT2D eigenvalue weighted by molar-refractivity contribution is 6.77. The molecule has 0 radical (unpaired) electrons. The van der Waals surface area contributed by atoms with Crippen molar-refractivity contribution in [2.75, 3.05) is 84.9 Å². The van der Waals surface area contributed by atoms with Crippen LogP contribution in [0.25, 0.3) is 0 Å². The quantitative estimate of drug-likeness (QED) is 0.102. The van der Waals surface area contributed by atoms with Crippen molar-refractivity contribution >= 4 is 20.1 Å². The van der Waals surface area contributed by atoms with Gasteiger partial charge in [0, 0.05) is 46.3 Å². The molecule has 3 atom stereocenters. The summed E-state index contributed by atoms with van der Waals surface area (Å²) in [5.74, 6) is 1.42. The summed E-state index contributed by atoms with van der Waals surface area (Å²) in [7, 11) is 1.32. The van der Waals surface area contributed by atoms with E-state index in [-0.39, 0.29) is 19.0 Å². The van der Waals surface area contributed by atoms with E-state index in [0.717, 1.165) is 54.2 Å². The number of fused-ring (bicyclic) bond motifs is 1. The van der Waals surface area contributed by atoms with Gasteiger partial charge in [-0.3, -0.25) is 0 Å². The van der Waals surface area contributed by atoms with E-state index in [0.29, 0.717) is 62.9 Å². The van der Waals surface area contributed by atoms with E-state index in [2.05, 4.69) is 64.6 Å². The van der Waals surface area contributed by atoms with Crippen molar-refractivity contribution in [3.05, 3.63) is 53.6 Å². The fourth-order valence-corrected chi connectivity index (χ4v) is 13.7. The number of nitrogens with zero attached hydrogens (tertiary/aromatic N) is 2. The molecule has 1 saturated heterocycles. The lowest BCUT2D eigenvalue weighted by Crippen LogP contribution is -2.54. The molecule has 52 heavy (non-hydrogen) atoms. The second-order valence-corrected chi connectivity index (χ2v) is 20.3. The number of piperidine rings is 1. The average molecular weight is 745 g/mol. The molecule has 1 N–H and O–H groups in total. The summed E-state index contributed by atoms with van der Waals surface area (Å²) in [6.07, 6.45) is -0.156. The van der Waals surface area contributed by atoms with Crippen LogP contribution in [0.3, 0.4) is 0 Å². The Balaban J connectivity index is 1.56. The van der Waals surface area contributed by atoms with Crippen LogP contribution in [-0.2, 0) is 30.0 Å². The Morgan fingerprint density at radius 1 is 0.846 bits per heavy atom. The zero-order valence-corrected chi connectivity index (χ0v) is 33.8. The minimum absolute atomic E-state index is 0.216. The van der Waals surface area contributed by atoms with Gasteiger partial charge in [0.15, 0.2) is 8.32 Å². The number of anilines is 1. The van der Waals surface area contributed by atoms with E-state index in [9.17, 15) is 9.90 Å². The van der Waals surface area contributed by atoms with Gasteiger partial charge >= 0.3 is 6.09 Å². The van der Waals surface area contributed by atoms with Gasteiger partial charge in [0.25, 0.3) is 0 Å². The lowest BCUT2D eigenvalue weighted by atomic mass is 9.84. The second kappa shape index (κ2) is 20.5. The number of carboxylic acid groups (broad SMARTS) is 1. The van der Waals surface area contributed by atoms with Crippen molar-refractivity contribution in [1.82, 2.24) is 4.90 Å². The van der Waals surface area contributed by atoms with Crippen LogP contribution in [0.5, 0.6) is 11.5 Å². The van der Waals surface area contributed by atoms with Crippen molar-refractivity contribution in [3.63, 3.8) is 0 Å². The highest BCUT2D eigenvalue weighted by Gasteiger charge is 2.45. The Labute approximate surface area is 312 Å². The number of hydrogen-bond acceptors (Lipinski definition) is 9. The van der Waals surface area contributed by atoms with E-state index in [1.807, 2.05) is 24.3 Å². The normalized spacial score (nSPS) is 19.3. The van der Waals surface area contributed by atoms with Gasteiger partial charge in [0.2, 0.25) is 0 Å². The number of hydrogen-bond donors (Lipinski definition) is 1. The Morgan fingerprint density at radius 3 is 2.13 bits per heavy atom. The lowest BCUT2D eigenvalue weighted by Gasteiger charge is -2.44. The Hall–Kier alpha value is -2.87. The molecule has 292 valence electrons. The second-order valence-electron chi connectivity index (χ2n) is 14.9. The SMILES string of the molecule is COCCCOc1ccc([C@@H]2[C@@H](OCc3ccc4c(c3)N(CCCOC)CCO4)CN(C(=O)O)C[C@H]2OCCO[Si](C(C)C)(C(C)C)C(C)C)cc1. The molecule has 1 amide bonds. The minimum Gasteiger partial charge on any atom is -0.494 e. The third-order valence-electron chi connectivity index (χ3n) is 10.6.